The van der Waals surface area contributed by atoms with Crippen molar-refractivity contribution in [3.05, 3.63) is 65.7 Å². The zero-order valence-corrected chi connectivity index (χ0v) is 29.9. The third kappa shape index (κ3) is 13.7. The quantitative estimate of drug-likeness (QED) is 0.0478. The number of thiol groups is 1. The average Bonchev–Trinajstić information content (AvgIpc) is 3.11. The van der Waals surface area contributed by atoms with Crippen molar-refractivity contribution in [2.45, 2.75) is 75.3 Å². The van der Waals surface area contributed by atoms with Crippen LogP contribution in [0.2, 0.25) is 0 Å². The molecule has 19 heteroatoms. The van der Waals surface area contributed by atoms with Crippen LogP contribution in [0.4, 0.5) is 0 Å². The highest BCUT2D eigenvalue weighted by Gasteiger charge is 2.34. The number of amides is 7. The maximum Gasteiger partial charge on any atom is 0.244 e. The van der Waals surface area contributed by atoms with Gasteiger partial charge >= 0.3 is 0 Å². The zero-order chi connectivity index (χ0) is 39.1. The Hall–Kier alpha value is -5.85. The number of hydrogen-bond acceptors (Lipinski definition) is 10. The molecule has 0 saturated carbocycles. The topological polar surface area (TPSA) is 302 Å². The predicted molar refractivity (Wildman–Crippen MR) is 197 cm³/mol. The molecule has 1 fully saturated rings. The highest BCUT2D eigenvalue weighted by Crippen LogP contribution is 2.13. The molecule has 7 amide bonds. The van der Waals surface area contributed by atoms with Crippen LogP contribution in [0.1, 0.15) is 37.3 Å². The van der Waals surface area contributed by atoms with Crippen molar-refractivity contribution in [1.29, 1.82) is 0 Å². The van der Waals surface area contributed by atoms with E-state index in [1.807, 2.05) is 0 Å². The predicted octanol–water partition coefficient (Wildman–Crippen LogP) is -3.02. The molecule has 0 unspecified atom stereocenters. The van der Waals surface area contributed by atoms with E-state index < -0.39 is 84.0 Å². The van der Waals surface area contributed by atoms with Crippen molar-refractivity contribution in [2.75, 3.05) is 12.3 Å². The number of carbonyl (C=O) groups is 7. The number of rotatable bonds is 11. The van der Waals surface area contributed by atoms with Gasteiger partial charge in [0.25, 0.3) is 0 Å². The van der Waals surface area contributed by atoms with Gasteiger partial charge in [0.15, 0.2) is 5.96 Å². The number of primary amides is 1. The lowest BCUT2D eigenvalue weighted by atomic mass is 10.0. The highest BCUT2D eigenvalue weighted by atomic mass is 32.1. The van der Waals surface area contributed by atoms with Crippen LogP contribution in [0.3, 0.4) is 0 Å². The number of aromatic hydroxyl groups is 1. The van der Waals surface area contributed by atoms with E-state index in [2.05, 4.69) is 49.5 Å². The Labute approximate surface area is 311 Å². The number of aliphatic imine (C=N–C) groups is 1. The van der Waals surface area contributed by atoms with E-state index in [9.17, 15) is 38.7 Å². The molecular weight excluding hydrogens is 709 g/mol. The molecule has 18 nitrogen and oxygen atoms in total. The fourth-order valence-corrected chi connectivity index (χ4v) is 5.54. The minimum Gasteiger partial charge on any atom is -0.508 e. The molecular formula is C34H46N10O8S. The third-order valence-corrected chi connectivity index (χ3v) is 8.47. The van der Waals surface area contributed by atoms with Gasteiger partial charge in [-0.15, -0.1) is 0 Å². The number of benzene rings is 2. The Bertz CT molecular complexity index is 1660. The standard InChI is InChI=1S/C34H46N10O8S/c1-18-28(47)44-26(17-53)33(52)40-22(8-5-13-38-34(36)37)29(48)41-24(15-20-9-11-21(45)12-10-20)31(50)42-23(14-19-6-3-2-4-7-19)32(51)43-25(16-27(35)46)30(49)39-18/h2-4,6-7,9-12,18,22-26,45,53H,5,8,13-17H2,1H3,(H2,35,46)(H,39,49)(H,40,52)(H,41,48)(H,42,50)(H,43,51)(H,44,47)(H4,36,37,38)/t18-,22-,23-,24-,25-,26-/m0/s1. The van der Waals surface area contributed by atoms with Crippen LogP contribution in [0.25, 0.3) is 0 Å². The maximum atomic E-state index is 14.1. The first kappa shape index (κ1) is 41.6. The van der Waals surface area contributed by atoms with E-state index in [1.165, 1.54) is 31.2 Å². The van der Waals surface area contributed by atoms with Gasteiger partial charge in [0, 0.05) is 25.1 Å². The number of phenolic OH excluding ortho intramolecular Hbond substituents is 1. The van der Waals surface area contributed by atoms with E-state index in [0.29, 0.717) is 11.1 Å². The van der Waals surface area contributed by atoms with Crippen LogP contribution < -0.4 is 49.1 Å². The molecule has 0 radical (unpaired) electrons. The minimum absolute atomic E-state index is 0.00187. The number of phenols is 1. The molecule has 1 saturated heterocycles. The van der Waals surface area contributed by atoms with Crippen LogP contribution in [0, 0.1) is 0 Å². The number of hydrogen-bond donors (Lipinski definition) is 11. The first-order valence-corrected chi connectivity index (χ1v) is 17.4. The molecule has 0 bridgehead atoms. The maximum absolute atomic E-state index is 14.1. The van der Waals surface area contributed by atoms with Crippen LogP contribution in [-0.2, 0) is 46.4 Å². The number of guanidine groups is 1. The van der Waals surface area contributed by atoms with Crippen LogP contribution in [0.15, 0.2) is 59.6 Å². The molecule has 2 aromatic rings. The molecule has 13 N–H and O–H groups in total. The summed E-state index contributed by atoms with van der Waals surface area (Å²) < 4.78 is 0. The number of nitrogens with two attached hydrogens (primary N) is 3. The fraction of sp³-hybridized carbons (Fsp3) is 0.412. The summed E-state index contributed by atoms with van der Waals surface area (Å²) in [5, 5.41) is 25.1. The Morgan fingerprint density at radius 2 is 1.13 bits per heavy atom. The Kier molecular flexibility index (Phi) is 15.9. The first-order valence-electron chi connectivity index (χ1n) is 16.7. The summed E-state index contributed by atoms with van der Waals surface area (Å²) in [6.07, 6.45) is -0.619. The van der Waals surface area contributed by atoms with Gasteiger partial charge < -0.3 is 54.2 Å². The monoisotopic (exact) mass is 754 g/mol. The van der Waals surface area contributed by atoms with Crippen LogP contribution in [-0.4, -0.2) is 101 Å². The fourth-order valence-electron chi connectivity index (χ4n) is 5.28. The van der Waals surface area contributed by atoms with Crippen LogP contribution >= 0.6 is 12.6 Å². The first-order chi connectivity index (χ1) is 25.2. The number of nitrogens with zero attached hydrogens (tertiary/aromatic N) is 1. The Morgan fingerprint density at radius 3 is 1.68 bits per heavy atom. The number of carbonyl (C=O) groups excluding carboxylic acids is 7. The molecule has 53 heavy (non-hydrogen) atoms. The number of nitrogens with one attached hydrogen (secondary N) is 6. The molecule has 286 valence electrons. The van der Waals surface area contributed by atoms with Crippen molar-refractivity contribution in [2.24, 2.45) is 22.2 Å². The molecule has 0 aliphatic carbocycles. The SMILES string of the molecule is C[C@@H]1NC(=O)[C@H](CC(N)=O)NC(=O)[C@H](Cc2ccccc2)NC(=O)[C@H](Cc2ccc(O)cc2)NC(=O)[C@H](CCCN=C(N)N)NC(=O)[C@H](CS)NC1=O. The molecule has 6 atom stereocenters. The second-order valence-corrected chi connectivity index (χ2v) is 12.8. The summed E-state index contributed by atoms with van der Waals surface area (Å²) in [6.45, 7) is 1.42. The van der Waals surface area contributed by atoms with Crippen molar-refractivity contribution in [3.63, 3.8) is 0 Å². The van der Waals surface area contributed by atoms with Gasteiger partial charge in [-0.3, -0.25) is 38.6 Å². The van der Waals surface area contributed by atoms with E-state index in [4.69, 9.17) is 17.2 Å². The average molecular weight is 755 g/mol. The van der Waals surface area contributed by atoms with E-state index in [0.717, 1.165) is 0 Å². The summed E-state index contributed by atoms with van der Waals surface area (Å²) in [5.41, 5.74) is 17.4. The van der Waals surface area contributed by atoms with Crippen molar-refractivity contribution in [3.8, 4) is 5.75 Å². The van der Waals surface area contributed by atoms with Gasteiger partial charge in [0.2, 0.25) is 41.4 Å². The lowest BCUT2D eigenvalue weighted by Crippen LogP contribution is -2.62. The van der Waals surface area contributed by atoms with Gasteiger partial charge in [-0.1, -0.05) is 42.5 Å². The minimum atomic E-state index is -1.56. The molecule has 0 spiro atoms. The van der Waals surface area contributed by atoms with E-state index >= 15 is 0 Å². The zero-order valence-electron chi connectivity index (χ0n) is 29.0. The lowest BCUT2D eigenvalue weighted by Gasteiger charge is -2.28. The highest BCUT2D eigenvalue weighted by molar-refractivity contribution is 7.80. The lowest BCUT2D eigenvalue weighted by molar-refractivity contribution is -0.137. The van der Waals surface area contributed by atoms with Crippen LogP contribution in [0.5, 0.6) is 5.75 Å². The molecule has 1 aliphatic rings. The molecule has 1 heterocycles. The summed E-state index contributed by atoms with van der Waals surface area (Å²) in [5.74, 6) is -6.36. The normalized spacial score (nSPS) is 23.4. The van der Waals surface area contributed by atoms with Gasteiger partial charge in [0.05, 0.1) is 6.42 Å². The van der Waals surface area contributed by atoms with E-state index in [-0.39, 0.29) is 49.7 Å². The molecule has 0 aromatic heterocycles. The summed E-state index contributed by atoms with van der Waals surface area (Å²) in [7, 11) is 0. The van der Waals surface area contributed by atoms with Gasteiger partial charge in [0.1, 0.15) is 42.0 Å². The molecule has 1 aliphatic heterocycles. The summed E-state index contributed by atoms with van der Waals surface area (Å²) in [6, 6.07) is 6.41. The largest absolute Gasteiger partial charge is 0.508 e. The summed E-state index contributed by atoms with van der Waals surface area (Å²) in [4.78, 5) is 97.6. The Morgan fingerprint density at radius 1 is 0.660 bits per heavy atom. The van der Waals surface area contributed by atoms with E-state index in [1.54, 1.807) is 30.3 Å². The van der Waals surface area contributed by atoms with Crippen molar-refractivity contribution in [1.82, 2.24) is 31.9 Å². The second-order valence-electron chi connectivity index (χ2n) is 12.4. The third-order valence-electron chi connectivity index (χ3n) is 8.11. The van der Waals surface area contributed by atoms with Gasteiger partial charge in [-0.05, 0) is 43.0 Å². The van der Waals surface area contributed by atoms with Crippen molar-refractivity contribution < 1.29 is 38.7 Å². The van der Waals surface area contributed by atoms with Gasteiger partial charge in [-0.25, -0.2) is 0 Å². The van der Waals surface area contributed by atoms with Crippen molar-refractivity contribution >= 4 is 59.9 Å². The Balaban J connectivity index is 2.09. The summed E-state index contributed by atoms with van der Waals surface area (Å²) >= 11 is 4.18. The second kappa shape index (κ2) is 20.3. The van der Waals surface area contributed by atoms with Gasteiger partial charge in [-0.2, -0.15) is 12.6 Å². The smallest absolute Gasteiger partial charge is 0.244 e. The molecule has 2 aromatic carbocycles. The molecule has 3 rings (SSSR count).